The highest BCUT2D eigenvalue weighted by Crippen LogP contribution is 2.46. The van der Waals surface area contributed by atoms with Crippen LogP contribution in [0, 0.1) is 17.3 Å². The maximum absolute atomic E-state index is 14.7. The number of carbonyl (C=O) groups is 4. The van der Waals surface area contributed by atoms with Gasteiger partial charge in [-0.3, -0.25) is 19.1 Å². The zero-order chi connectivity index (χ0) is 41.6. The lowest BCUT2D eigenvalue weighted by Crippen LogP contribution is -2.60. The molecular weight excluding hydrogens is 763 g/mol. The van der Waals surface area contributed by atoms with E-state index in [-0.39, 0.29) is 31.9 Å². The van der Waals surface area contributed by atoms with Crippen molar-refractivity contribution in [3.63, 3.8) is 0 Å². The van der Waals surface area contributed by atoms with Crippen LogP contribution < -0.4 is 24.8 Å². The first-order valence-corrected chi connectivity index (χ1v) is 21.6. The van der Waals surface area contributed by atoms with Gasteiger partial charge in [0.15, 0.2) is 0 Å². The molecule has 2 aliphatic heterocycles. The number of rotatable bonds is 8. The lowest BCUT2D eigenvalue weighted by Gasteiger charge is -2.35. The summed E-state index contributed by atoms with van der Waals surface area (Å²) in [4.78, 5) is 62.5. The third-order valence-electron chi connectivity index (χ3n) is 11.7. The lowest BCUT2D eigenvalue weighted by molar-refractivity contribution is -0.142. The zero-order valence-electron chi connectivity index (χ0n) is 33.7. The summed E-state index contributed by atoms with van der Waals surface area (Å²) in [6, 6.07) is 13.2. The number of alkyl carbamates (subject to hydrolysis) is 1. The topological polar surface area (TPSA) is 182 Å². The average Bonchev–Trinajstić information content (AvgIpc) is 4.12. The summed E-state index contributed by atoms with van der Waals surface area (Å²) >= 11 is 0. The normalized spacial score (nSPS) is 26.7. The molecule has 3 fully saturated rings. The second kappa shape index (κ2) is 15.9. The van der Waals surface area contributed by atoms with Gasteiger partial charge in [0.1, 0.15) is 35.2 Å². The lowest BCUT2D eigenvalue weighted by atomic mass is 9.85. The van der Waals surface area contributed by atoms with Gasteiger partial charge in [-0.1, -0.05) is 64.1 Å². The molecule has 4 bridgehead atoms. The highest BCUT2D eigenvalue weighted by atomic mass is 32.2. The van der Waals surface area contributed by atoms with Crippen LogP contribution in [0.1, 0.15) is 71.8 Å². The molecule has 4 aliphatic rings. The van der Waals surface area contributed by atoms with E-state index in [9.17, 15) is 27.6 Å². The predicted octanol–water partition coefficient (Wildman–Crippen LogP) is 5.04. The Balaban J connectivity index is 1.28. The van der Waals surface area contributed by atoms with E-state index in [1.807, 2.05) is 76.2 Å². The van der Waals surface area contributed by atoms with E-state index in [0.29, 0.717) is 42.0 Å². The predicted molar refractivity (Wildman–Crippen MR) is 217 cm³/mol. The fourth-order valence-electron chi connectivity index (χ4n) is 8.00. The first kappa shape index (κ1) is 41.0. The number of aryl methyl sites for hydroxylation is 1. The van der Waals surface area contributed by atoms with Gasteiger partial charge >= 0.3 is 6.09 Å². The minimum absolute atomic E-state index is 0.0203. The molecule has 58 heavy (non-hydrogen) atoms. The smallest absolute Gasteiger partial charge is 0.407 e. The second-order valence-electron chi connectivity index (χ2n) is 17.3. The Hall–Kier alpha value is -5.18. The summed E-state index contributed by atoms with van der Waals surface area (Å²) in [6.07, 6.45) is 3.34. The number of aromatic nitrogens is 1. The van der Waals surface area contributed by atoms with Crippen molar-refractivity contribution in [1.29, 1.82) is 0 Å². The SMILES string of the molecule is C=C[C@@H]1C[C@]1(NC(=O)[C@@H]1C[C@@H]2CN1C(=O)[C@H](C(C)(C)C)NC(=O)OCC(C)CCCc1cc3c(cc(-c4ccccc4)nc3cc1OC)O2)C(=O)NS(=O)(=O)C1CC1. The molecule has 4 amide bonds. The van der Waals surface area contributed by atoms with Crippen molar-refractivity contribution >= 4 is 44.7 Å². The van der Waals surface area contributed by atoms with Crippen LogP contribution in [0.5, 0.6) is 11.5 Å². The van der Waals surface area contributed by atoms with Crippen molar-refractivity contribution in [2.75, 3.05) is 20.3 Å². The molecule has 14 nitrogen and oxygen atoms in total. The molecule has 1 saturated heterocycles. The number of sulfonamides is 1. The van der Waals surface area contributed by atoms with Crippen molar-refractivity contribution in [3.8, 4) is 22.8 Å². The van der Waals surface area contributed by atoms with Crippen molar-refractivity contribution in [2.45, 2.75) is 102 Å². The van der Waals surface area contributed by atoms with Gasteiger partial charge in [0.2, 0.25) is 21.8 Å². The van der Waals surface area contributed by atoms with E-state index in [0.717, 1.165) is 29.4 Å². The first-order valence-electron chi connectivity index (χ1n) is 20.0. The molecule has 3 heterocycles. The Kier molecular flexibility index (Phi) is 11.2. The van der Waals surface area contributed by atoms with Crippen molar-refractivity contribution in [1.82, 2.24) is 25.2 Å². The van der Waals surface area contributed by atoms with Crippen LogP contribution in [-0.2, 0) is 35.6 Å². The van der Waals surface area contributed by atoms with Crippen LogP contribution in [0.4, 0.5) is 4.79 Å². The molecule has 2 aromatic carbocycles. The van der Waals surface area contributed by atoms with Gasteiger partial charge in [-0.25, -0.2) is 18.2 Å². The Bertz CT molecular complexity index is 2220. The van der Waals surface area contributed by atoms with E-state index in [1.54, 1.807) is 7.11 Å². The van der Waals surface area contributed by atoms with Gasteiger partial charge in [0.05, 0.1) is 36.7 Å². The molecule has 1 aromatic heterocycles. The van der Waals surface area contributed by atoms with Crippen LogP contribution in [0.25, 0.3) is 22.2 Å². The molecule has 6 atom stereocenters. The summed E-state index contributed by atoms with van der Waals surface area (Å²) in [5.41, 5.74) is 0.727. The maximum Gasteiger partial charge on any atom is 0.407 e. The monoisotopic (exact) mass is 815 g/mol. The summed E-state index contributed by atoms with van der Waals surface area (Å²) in [7, 11) is -2.29. The quantitative estimate of drug-likeness (QED) is 0.261. The molecule has 3 N–H and O–H groups in total. The summed E-state index contributed by atoms with van der Waals surface area (Å²) < 4.78 is 46.1. The van der Waals surface area contributed by atoms with Gasteiger partial charge in [-0.15, -0.1) is 6.58 Å². The zero-order valence-corrected chi connectivity index (χ0v) is 34.5. The molecule has 2 aliphatic carbocycles. The van der Waals surface area contributed by atoms with Crippen LogP contribution >= 0.6 is 0 Å². The van der Waals surface area contributed by atoms with E-state index >= 15 is 0 Å². The fourth-order valence-corrected chi connectivity index (χ4v) is 9.36. The number of hydrogen-bond donors (Lipinski definition) is 3. The number of methoxy groups -OCH3 is 1. The van der Waals surface area contributed by atoms with Gasteiger partial charge in [0, 0.05) is 35.4 Å². The summed E-state index contributed by atoms with van der Waals surface area (Å²) in [6.45, 7) is 11.3. The molecule has 3 aromatic rings. The van der Waals surface area contributed by atoms with Gasteiger partial charge in [-0.05, 0) is 61.5 Å². The number of pyridine rings is 1. The summed E-state index contributed by atoms with van der Waals surface area (Å²) in [5.74, 6) is -1.36. The van der Waals surface area contributed by atoms with Crippen molar-refractivity contribution in [3.05, 3.63) is 66.7 Å². The van der Waals surface area contributed by atoms with Crippen molar-refractivity contribution in [2.24, 2.45) is 17.3 Å². The number of ether oxygens (including phenoxy) is 3. The number of hydrogen-bond acceptors (Lipinski definition) is 10. The molecule has 0 radical (unpaired) electrons. The minimum atomic E-state index is -3.92. The van der Waals surface area contributed by atoms with Gasteiger partial charge in [0.25, 0.3) is 5.91 Å². The van der Waals surface area contributed by atoms with Gasteiger partial charge in [-0.2, -0.15) is 0 Å². The van der Waals surface area contributed by atoms with Crippen LogP contribution in [0.15, 0.2) is 61.2 Å². The molecular formula is C43H53N5O9S. The van der Waals surface area contributed by atoms with Crippen LogP contribution in [0.3, 0.4) is 0 Å². The fraction of sp³-hybridized carbons (Fsp3) is 0.512. The maximum atomic E-state index is 14.7. The standard InChI is InChI=1S/C43H53N5O9S/c1-7-28-22-43(28,40(51)47-58(53,54)30-16-17-30)46-38(49)34-19-29-23-48(34)39(50)37(42(3,4)5)45-41(52)56-24-25(2)12-11-15-27-18-31-33(21-35(27)55-6)44-32(20-36(31)57-29)26-13-9-8-10-14-26/h7-10,13-14,18,20-21,25,28-30,34,37H,1,11-12,15-17,19,22-24H2,2-6H3,(H,45,52)(H,46,49)(H,47,51)/t25?,28-,29-,34+,37-,43-/m1/s1. The van der Waals surface area contributed by atoms with Gasteiger partial charge < -0.3 is 29.7 Å². The Morgan fingerprint density at radius 2 is 1.84 bits per heavy atom. The third kappa shape index (κ3) is 8.50. The van der Waals surface area contributed by atoms with Crippen molar-refractivity contribution < 1.29 is 41.8 Å². The van der Waals surface area contributed by atoms with E-state index in [1.165, 1.54) is 11.0 Å². The number of nitrogens with one attached hydrogen (secondary N) is 3. The third-order valence-corrected chi connectivity index (χ3v) is 13.5. The Morgan fingerprint density at radius 3 is 2.50 bits per heavy atom. The number of cyclic esters (lactones) is 1. The first-order chi connectivity index (χ1) is 27.5. The molecule has 1 unspecified atom stereocenters. The number of carbonyl (C=O) groups excluding carboxylic acids is 4. The number of benzene rings is 2. The highest BCUT2D eigenvalue weighted by molar-refractivity contribution is 7.91. The number of amides is 4. The van der Waals surface area contributed by atoms with Crippen LogP contribution in [-0.4, -0.2) is 91.4 Å². The molecule has 310 valence electrons. The minimum Gasteiger partial charge on any atom is -0.496 e. The number of nitrogens with zero attached hydrogens (tertiary/aromatic N) is 2. The van der Waals surface area contributed by atoms with E-state index in [2.05, 4.69) is 21.9 Å². The molecule has 7 rings (SSSR count). The molecule has 15 heteroatoms. The highest BCUT2D eigenvalue weighted by Gasteiger charge is 2.62. The Labute approximate surface area is 339 Å². The van der Waals surface area contributed by atoms with E-state index < -0.39 is 74.1 Å². The second-order valence-corrected chi connectivity index (χ2v) is 19.2. The average molecular weight is 816 g/mol. The largest absolute Gasteiger partial charge is 0.496 e. The molecule has 2 saturated carbocycles. The molecule has 0 spiro atoms. The Morgan fingerprint density at radius 1 is 1.10 bits per heavy atom. The van der Waals surface area contributed by atoms with E-state index in [4.69, 9.17) is 19.2 Å². The summed E-state index contributed by atoms with van der Waals surface area (Å²) in [5, 5.41) is 5.70. The van der Waals surface area contributed by atoms with Crippen LogP contribution in [0.2, 0.25) is 0 Å². The number of fused-ring (bicyclic) bond motifs is 3.